The number of piperidine rings is 1. The Balaban J connectivity index is 1.18. The van der Waals surface area contributed by atoms with Gasteiger partial charge in [0.1, 0.15) is 12.6 Å². The second kappa shape index (κ2) is 17.1. The van der Waals surface area contributed by atoms with Crippen LogP contribution in [0.3, 0.4) is 0 Å². The van der Waals surface area contributed by atoms with Crippen molar-refractivity contribution in [2.45, 2.75) is 49.6 Å². The molecule has 4 aromatic rings. The van der Waals surface area contributed by atoms with Gasteiger partial charge in [-0.05, 0) is 71.2 Å². The molecule has 3 atom stereocenters. The highest BCUT2D eigenvalue weighted by molar-refractivity contribution is 6.30. The molecule has 3 N–H and O–H groups in total. The average Bonchev–Trinajstić information content (AvgIpc) is 3.48. The van der Waals surface area contributed by atoms with E-state index < -0.39 is 35.5 Å². The van der Waals surface area contributed by atoms with Crippen LogP contribution in [0.25, 0.3) is 11.1 Å². The lowest BCUT2D eigenvalue weighted by atomic mass is 9.82. The van der Waals surface area contributed by atoms with E-state index in [9.17, 15) is 24.3 Å². The Morgan fingerprint density at radius 2 is 1.53 bits per heavy atom. The molecule has 0 aromatic heterocycles. The molecule has 1 aliphatic heterocycles. The Hall–Kier alpha value is -5.19. The van der Waals surface area contributed by atoms with Crippen LogP contribution < -0.4 is 10.6 Å². The first kappa shape index (κ1) is 37.6. The van der Waals surface area contributed by atoms with Crippen LogP contribution in [0.1, 0.15) is 47.4 Å². The first-order valence-corrected chi connectivity index (χ1v) is 18.2. The summed E-state index contributed by atoms with van der Waals surface area (Å²) >= 11 is 6.19. The van der Waals surface area contributed by atoms with Crippen LogP contribution in [0.15, 0.2) is 103 Å². The van der Waals surface area contributed by atoms with Crippen molar-refractivity contribution in [1.82, 2.24) is 15.5 Å². The Morgan fingerprint density at radius 3 is 2.17 bits per heavy atom. The normalized spacial score (nSPS) is 17.6. The molecule has 3 amide bonds. The maximum atomic E-state index is 14.1. The standard InChI is InChI=1S/C42H44ClN3O7/c1-52-26-37(44-41(51)53-25-36-34-14-7-5-12-32(34)33-13-6-8-15-35(33)36)39(49)45-42(24-29-16-18-31(43)19-17-29)20-9-21-46(27-42)40(50)30(23-38(47)48)22-28-10-3-2-4-11-28/h2-8,10-19,30,36-37H,9,20-27H2,1H3,(H,44,51)(H,45,49)(H,47,48)/t30?,37?,42-/m1/s1. The number of nitrogens with zero attached hydrogens (tertiary/aromatic N) is 1. The molecular formula is C42H44ClN3O7. The number of hydrogen-bond donors (Lipinski definition) is 3. The number of fused-ring (bicyclic) bond motifs is 3. The highest BCUT2D eigenvalue weighted by Gasteiger charge is 2.42. The second-order valence-corrected chi connectivity index (χ2v) is 14.3. The Morgan fingerprint density at radius 1 is 0.887 bits per heavy atom. The fourth-order valence-electron chi connectivity index (χ4n) is 7.70. The van der Waals surface area contributed by atoms with Gasteiger partial charge in [-0.25, -0.2) is 4.79 Å². The Kier molecular flexibility index (Phi) is 12.1. The molecule has 2 aliphatic rings. The monoisotopic (exact) mass is 737 g/mol. The number of carbonyl (C=O) groups excluding carboxylic acids is 3. The fraction of sp³-hybridized carbons (Fsp3) is 0.333. The molecule has 0 saturated carbocycles. The van der Waals surface area contributed by atoms with Crippen LogP contribution in [0.5, 0.6) is 0 Å². The predicted octanol–water partition coefficient (Wildman–Crippen LogP) is 6.25. The van der Waals surface area contributed by atoms with Crippen molar-refractivity contribution < 1.29 is 33.8 Å². The first-order valence-electron chi connectivity index (χ1n) is 17.9. The zero-order chi connectivity index (χ0) is 37.4. The first-order chi connectivity index (χ1) is 25.6. The maximum absolute atomic E-state index is 14.1. The fourth-order valence-corrected chi connectivity index (χ4v) is 7.82. The van der Waals surface area contributed by atoms with Crippen molar-refractivity contribution in [1.29, 1.82) is 0 Å². The van der Waals surface area contributed by atoms with Crippen LogP contribution >= 0.6 is 11.6 Å². The summed E-state index contributed by atoms with van der Waals surface area (Å²) in [5, 5.41) is 16.2. The number of alkyl carbamates (subject to hydrolysis) is 1. The van der Waals surface area contributed by atoms with Crippen molar-refractivity contribution in [3.63, 3.8) is 0 Å². The number of likely N-dealkylation sites (tertiary alicyclic amines) is 1. The van der Waals surface area contributed by atoms with Crippen LogP contribution in [-0.4, -0.2) is 78.9 Å². The molecule has 10 nitrogen and oxygen atoms in total. The van der Waals surface area contributed by atoms with E-state index in [1.54, 1.807) is 17.0 Å². The van der Waals surface area contributed by atoms with Crippen molar-refractivity contribution in [3.8, 4) is 11.1 Å². The minimum absolute atomic E-state index is 0.0826. The summed E-state index contributed by atoms with van der Waals surface area (Å²) in [6.45, 7) is 0.532. The van der Waals surface area contributed by atoms with Crippen molar-refractivity contribution in [2.75, 3.05) is 33.4 Å². The number of carboxylic acids is 1. The van der Waals surface area contributed by atoms with Crippen molar-refractivity contribution in [3.05, 3.63) is 130 Å². The number of aliphatic carboxylic acids is 1. The molecule has 0 bridgehead atoms. The van der Waals surface area contributed by atoms with Crippen LogP contribution in [0.2, 0.25) is 5.02 Å². The van der Waals surface area contributed by atoms with Gasteiger partial charge in [-0.3, -0.25) is 14.4 Å². The van der Waals surface area contributed by atoms with E-state index in [0.29, 0.717) is 30.8 Å². The number of ether oxygens (including phenoxy) is 2. The number of halogens is 1. The largest absolute Gasteiger partial charge is 0.481 e. The number of hydrogen-bond acceptors (Lipinski definition) is 6. The van der Waals surface area contributed by atoms with Gasteiger partial charge in [-0.1, -0.05) is 103 Å². The van der Waals surface area contributed by atoms with Gasteiger partial charge in [0, 0.05) is 31.1 Å². The van der Waals surface area contributed by atoms with E-state index in [1.165, 1.54) is 7.11 Å². The van der Waals surface area contributed by atoms with E-state index in [2.05, 4.69) is 22.8 Å². The minimum atomic E-state index is -1.10. The van der Waals surface area contributed by atoms with Gasteiger partial charge in [0.25, 0.3) is 0 Å². The number of carboxylic acid groups (broad SMARTS) is 1. The highest BCUT2D eigenvalue weighted by Crippen LogP contribution is 2.44. The van der Waals surface area contributed by atoms with Gasteiger partial charge in [-0.15, -0.1) is 0 Å². The number of rotatable bonds is 14. The van der Waals surface area contributed by atoms with Crippen LogP contribution in [-0.2, 0) is 36.7 Å². The van der Waals surface area contributed by atoms with E-state index in [-0.39, 0.29) is 44.4 Å². The lowest BCUT2D eigenvalue weighted by Crippen LogP contribution is -2.64. The van der Waals surface area contributed by atoms with E-state index in [1.807, 2.05) is 78.9 Å². The maximum Gasteiger partial charge on any atom is 0.407 e. The zero-order valence-electron chi connectivity index (χ0n) is 29.6. The molecule has 1 aliphatic carbocycles. The second-order valence-electron chi connectivity index (χ2n) is 13.9. The third kappa shape index (κ3) is 9.25. The summed E-state index contributed by atoms with van der Waals surface area (Å²) in [5.41, 5.74) is 5.18. The number of methoxy groups -OCH3 is 1. The number of carbonyl (C=O) groups is 4. The molecule has 11 heteroatoms. The molecule has 2 unspecified atom stereocenters. The van der Waals surface area contributed by atoms with Crippen molar-refractivity contribution >= 4 is 35.5 Å². The van der Waals surface area contributed by atoms with Gasteiger partial charge < -0.3 is 30.1 Å². The van der Waals surface area contributed by atoms with E-state index in [0.717, 1.165) is 33.4 Å². The zero-order valence-corrected chi connectivity index (χ0v) is 30.4. The molecule has 0 radical (unpaired) electrons. The van der Waals surface area contributed by atoms with Gasteiger partial charge in [0.05, 0.1) is 24.5 Å². The van der Waals surface area contributed by atoms with Gasteiger partial charge in [0.2, 0.25) is 11.8 Å². The third-order valence-corrected chi connectivity index (χ3v) is 10.4. The van der Waals surface area contributed by atoms with E-state index in [4.69, 9.17) is 21.1 Å². The Labute approximate surface area is 314 Å². The average molecular weight is 738 g/mol. The van der Waals surface area contributed by atoms with Crippen molar-refractivity contribution in [2.24, 2.45) is 5.92 Å². The summed E-state index contributed by atoms with van der Waals surface area (Å²) in [5.74, 6) is -2.76. The smallest absolute Gasteiger partial charge is 0.407 e. The molecule has 1 fully saturated rings. The molecular weight excluding hydrogens is 694 g/mol. The summed E-state index contributed by atoms with van der Waals surface area (Å²) in [6, 6.07) is 31.6. The lowest BCUT2D eigenvalue weighted by molar-refractivity contribution is -0.146. The molecule has 6 rings (SSSR count). The summed E-state index contributed by atoms with van der Waals surface area (Å²) in [6.07, 6.45) is 0.679. The lowest BCUT2D eigenvalue weighted by Gasteiger charge is -2.45. The number of benzene rings is 4. The van der Waals surface area contributed by atoms with Gasteiger partial charge in [0.15, 0.2) is 0 Å². The number of nitrogens with one attached hydrogen (secondary N) is 2. The highest BCUT2D eigenvalue weighted by atomic mass is 35.5. The molecule has 4 aromatic carbocycles. The summed E-state index contributed by atoms with van der Waals surface area (Å²) in [4.78, 5) is 55.0. The van der Waals surface area contributed by atoms with Crippen LogP contribution in [0, 0.1) is 5.92 Å². The molecule has 1 heterocycles. The molecule has 53 heavy (non-hydrogen) atoms. The summed E-state index contributed by atoms with van der Waals surface area (Å²) in [7, 11) is 1.44. The van der Waals surface area contributed by atoms with Gasteiger partial charge >= 0.3 is 12.1 Å². The molecule has 276 valence electrons. The topological polar surface area (TPSA) is 134 Å². The van der Waals surface area contributed by atoms with Gasteiger partial charge in [-0.2, -0.15) is 0 Å². The SMILES string of the molecule is COCC(NC(=O)OCC1c2ccccc2-c2ccccc21)C(=O)N[C@@]1(Cc2ccc(Cl)cc2)CCCN(C(=O)C(CC(=O)O)Cc2ccccc2)C1. The van der Waals surface area contributed by atoms with Crippen LogP contribution in [0.4, 0.5) is 4.79 Å². The molecule has 1 saturated heterocycles. The quantitative estimate of drug-likeness (QED) is 0.139. The van der Waals surface area contributed by atoms with E-state index >= 15 is 0 Å². The number of amides is 3. The molecule has 0 spiro atoms. The minimum Gasteiger partial charge on any atom is -0.481 e. The summed E-state index contributed by atoms with van der Waals surface area (Å²) < 4.78 is 11.1. The Bertz CT molecular complexity index is 1880. The predicted molar refractivity (Wildman–Crippen MR) is 202 cm³/mol. The third-order valence-electron chi connectivity index (χ3n) is 10.1.